The Morgan fingerprint density at radius 2 is 2.08 bits per heavy atom. The molecule has 2 saturated heterocycles. The minimum atomic E-state index is -0.592. The Morgan fingerprint density at radius 3 is 2.85 bits per heavy atom. The highest BCUT2D eigenvalue weighted by Gasteiger charge is 2.32. The molecule has 0 saturated carbocycles. The monoisotopic (exact) mass is 183 g/mol. The van der Waals surface area contributed by atoms with Crippen molar-refractivity contribution in [3.05, 3.63) is 0 Å². The zero-order valence-electron chi connectivity index (χ0n) is 7.91. The molecule has 0 unspecified atom stereocenters. The van der Waals surface area contributed by atoms with Gasteiger partial charge in [0.2, 0.25) is 0 Å². The molecule has 0 amide bonds. The maximum Gasteiger partial charge on any atom is 0.306 e. The number of aliphatic carboxylic acids is 1. The Bertz CT molecular complexity index is 205. The van der Waals surface area contributed by atoms with Crippen molar-refractivity contribution in [3.63, 3.8) is 0 Å². The number of nitrogens with zero attached hydrogens (tertiary/aromatic N) is 1. The lowest BCUT2D eigenvalue weighted by Gasteiger charge is -2.41. The van der Waals surface area contributed by atoms with E-state index < -0.39 is 5.97 Å². The quantitative estimate of drug-likeness (QED) is 0.666. The SMILES string of the molecule is O=C(O)[C@H]1CCN2CCCC[C@H]2C1. The molecular formula is C10H17NO2. The molecule has 74 valence electrons. The van der Waals surface area contributed by atoms with E-state index in [9.17, 15) is 4.79 Å². The van der Waals surface area contributed by atoms with Crippen molar-refractivity contribution in [1.82, 2.24) is 4.90 Å². The summed E-state index contributed by atoms with van der Waals surface area (Å²) in [6.45, 7) is 2.19. The van der Waals surface area contributed by atoms with E-state index in [1.165, 1.54) is 25.8 Å². The van der Waals surface area contributed by atoms with Crippen LogP contribution in [0.4, 0.5) is 0 Å². The smallest absolute Gasteiger partial charge is 0.306 e. The van der Waals surface area contributed by atoms with E-state index in [4.69, 9.17) is 5.11 Å². The number of hydrogen-bond donors (Lipinski definition) is 1. The van der Waals surface area contributed by atoms with Crippen molar-refractivity contribution in [2.45, 2.75) is 38.1 Å². The Labute approximate surface area is 78.7 Å². The van der Waals surface area contributed by atoms with Crippen LogP contribution >= 0.6 is 0 Å². The number of rotatable bonds is 1. The summed E-state index contributed by atoms with van der Waals surface area (Å²) in [6.07, 6.45) is 5.53. The van der Waals surface area contributed by atoms with Crippen molar-refractivity contribution >= 4 is 5.97 Å². The van der Waals surface area contributed by atoms with Gasteiger partial charge in [-0.05, 0) is 38.8 Å². The molecule has 2 aliphatic heterocycles. The summed E-state index contributed by atoms with van der Waals surface area (Å²) in [4.78, 5) is 13.3. The maximum absolute atomic E-state index is 10.8. The first kappa shape index (κ1) is 9.00. The van der Waals surface area contributed by atoms with Gasteiger partial charge in [0.1, 0.15) is 0 Å². The van der Waals surface area contributed by atoms with Crippen molar-refractivity contribution in [2.75, 3.05) is 13.1 Å². The third-order valence-corrected chi connectivity index (χ3v) is 3.42. The maximum atomic E-state index is 10.8. The summed E-state index contributed by atoms with van der Waals surface area (Å²) >= 11 is 0. The van der Waals surface area contributed by atoms with Gasteiger partial charge in [-0.1, -0.05) is 6.42 Å². The Hall–Kier alpha value is -0.570. The second-order valence-electron chi connectivity index (χ2n) is 4.25. The number of hydrogen-bond acceptors (Lipinski definition) is 2. The highest BCUT2D eigenvalue weighted by molar-refractivity contribution is 5.70. The van der Waals surface area contributed by atoms with E-state index in [0.29, 0.717) is 6.04 Å². The van der Waals surface area contributed by atoms with Crippen LogP contribution in [-0.4, -0.2) is 35.1 Å². The van der Waals surface area contributed by atoms with Gasteiger partial charge >= 0.3 is 5.97 Å². The molecule has 3 heteroatoms. The van der Waals surface area contributed by atoms with E-state index in [0.717, 1.165) is 19.4 Å². The van der Waals surface area contributed by atoms with Crippen LogP contribution in [0.25, 0.3) is 0 Å². The predicted molar refractivity (Wildman–Crippen MR) is 49.6 cm³/mol. The van der Waals surface area contributed by atoms with Crippen LogP contribution < -0.4 is 0 Å². The molecule has 2 atom stereocenters. The molecule has 2 aliphatic rings. The predicted octanol–water partition coefficient (Wildman–Crippen LogP) is 1.34. The molecule has 0 spiro atoms. The molecule has 0 aliphatic carbocycles. The molecule has 0 aromatic heterocycles. The summed E-state index contributed by atoms with van der Waals surface area (Å²) in [7, 11) is 0. The fourth-order valence-electron chi connectivity index (χ4n) is 2.61. The number of carbonyl (C=O) groups is 1. The lowest BCUT2D eigenvalue weighted by atomic mass is 9.86. The van der Waals surface area contributed by atoms with Crippen LogP contribution in [0.2, 0.25) is 0 Å². The fraction of sp³-hybridized carbons (Fsp3) is 0.900. The van der Waals surface area contributed by atoms with E-state index in [2.05, 4.69) is 4.90 Å². The molecule has 2 heterocycles. The summed E-state index contributed by atoms with van der Waals surface area (Å²) in [5, 5.41) is 8.91. The van der Waals surface area contributed by atoms with Gasteiger partial charge in [-0.3, -0.25) is 4.79 Å². The first-order valence-corrected chi connectivity index (χ1v) is 5.24. The van der Waals surface area contributed by atoms with E-state index in [-0.39, 0.29) is 5.92 Å². The molecule has 1 N–H and O–H groups in total. The van der Waals surface area contributed by atoms with E-state index in [1.807, 2.05) is 0 Å². The molecule has 0 bridgehead atoms. The fourth-order valence-corrected chi connectivity index (χ4v) is 2.61. The summed E-state index contributed by atoms with van der Waals surface area (Å²) in [6, 6.07) is 0.573. The minimum absolute atomic E-state index is 0.0700. The number of carboxylic acids is 1. The normalized spacial score (nSPS) is 35.4. The number of fused-ring (bicyclic) bond motifs is 1. The first-order valence-electron chi connectivity index (χ1n) is 5.24. The Kier molecular flexibility index (Phi) is 2.54. The van der Waals surface area contributed by atoms with E-state index >= 15 is 0 Å². The van der Waals surface area contributed by atoms with Crippen molar-refractivity contribution in [1.29, 1.82) is 0 Å². The third kappa shape index (κ3) is 1.85. The molecule has 2 fully saturated rings. The average molecular weight is 183 g/mol. The Morgan fingerprint density at radius 1 is 1.23 bits per heavy atom. The molecule has 13 heavy (non-hydrogen) atoms. The molecule has 0 radical (unpaired) electrons. The molecule has 0 aromatic rings. The van der Waals surface area contributed by atoms with Gasteiger partial charge in [-0.15, -0.1) is 0 Å². The van der Waals surface area contributed by atoms with Crippen molar-refractivity contribution in [2.24, 2.45) is 5.92 Å². The van der Waals surface area contributed by atoms with Crippen molar-refractivity contribution in [3.8, 4) is 0 Å². The minimum Gasteiger partial charge on any atom is -0.481 e. The molecule has 2 rings (SSSR count). The highest BCUT2D eigenvalue weighted by atomic mass is 16.4. The van der Waals surface area contributed by atoms with Crippen molar-refractivity contribution < 1.29 is 9.90 Å². The topological polar surface area (TPSA) is 40.5 Å². The van der Waals surface area contributed by atoms with Crippen LogP contribution in [0.15, 0.2) is 0 Å². The van der Waals surface area contributed by atoms with Gasteiger partial charge < -0.3 is 10.0 Å². The van der Waals surface area contributed by atoms with Crippen LogP contribution in [0.3, 0.4) is 0 Å². The van der Waals surface area contributed by atoms with Gasteiger partial charge in [0.15, 0.2) is 0 Å². The molecular weight excluding hydrogens is 166 g/mol. The number of carboxylic acid groups (broad SMARTS) is 1. The zero-order chi connectivity index (χ0) is 9.26. The van der Waals surface area contributed by atoms with Gasteiger partial charge in [0.25, 0.3) is 0 Å². The van der Waals surface area contributed by atoms with Crippen LogP contribution in [0.5, 0.6) is 0 Å². The lowest BCUT2D eigenvalue weighted by molar-refractivity contribution is -0.144. The Balaban J connectivity index is 1.95. The first-order chi connectivity index (χ1) is 6.27. The summed E-state index contributed by atoms with van der Waals surface area (Å²) in [5.74, 6) is -0.662. The second-order valence-corrected chi connectivity index (χ2v) is 4.25. The molecule has 3 nitrogen and oxygen atoms in total. The standard InChI is InChI=1S/C10H17NO2/c12-10(13)8-4-6-11-5-2-1-3-9(11)7-8/h8-9H,1-7H2,(H,12,13)/t8-,9-/m0/s1. The largest absolute Gasteiger partial charge is 0.481 e. The van der Waals surface area contributed by atoms with Gasteiger partial charge in [0, 0.05) is 6.04 Å². The summed E-state index contributed by atoms with van der Waals surface area (Å²) in [5.41, 5.74) is 0. The van der Waals surface area contributed by atoms with Gasteiger partial charge in [-0.25, -0.2) is 0 Å². The van der Waals surface area contributed by atoms with Crippen LogP contribution in [0, 0.1) is 5.92 Å². The zero-order valence-corrected chi connectivity index (χ0v) is 7.91. The third-order valence-electron chi connectivity index (χ3n) is 3.42. The second kappa shape index (κ2) is 3.66. The van der Waals surface area contributed by atoms with Crippen LogP contribution in [-0.2, 0) is 4.79 Å². The van der Waals surface area contributed by atoms with Gasteiger partial charge in [-0.2, -0.15) is 0 Å². The number of piperidine rings is 2. The van der Waals surface area contributed by atoms with E-state index in [1.54, 1.807) is 0 Å². The van der Waals surface area contributed by atoms with Crippen LogP contribution in [0.1, 0.15) is 32.1 Å². The lowest BCUT2D eigenvalue weighted by Crippen LogP contribution is -2.46. The highest BCUT2D eigenvalue weighted by Crippen LogP contribution is 2.29. The molecule has 0 aromatic carbocycles. The average Bonchev–Trinajstić information content (AvgIpc) is 2.17. The van der Waals surface area contributed by atoms with Gasteiger partial charge in [0.05, 0.1) is 5.92 Å². The summed E-state index contributed by atoms with van der Waals surface area (Å²) < 4.78 is 0.